The molecule has 0 saturated heterocycles. The molecule has 0 aliphatic heterocycles. The summed E-state index contributed by atoms with van der Waals surface area (Å²) in [6.45, 7) is 6.16. The Morgan fingerprint density at radius 1 is 0.484 bits per heavy atom. The lowest BCUT2D eigenvalue weighted by Gasteiger charge is -2.24. The highest BCUT2D eigenvalue weighted by molar-refractivity contribution is 5.77. The SMILES string of the molecule is CC/C=C/C=C/C=C\C=C/C=C/CCCC(=O)OC(CCCCC\C=C/C=C/C=C/C=C/CC)CC(=O)NC(CO)C(O)CCCCCCCCCCCCCCCCCCC. The van der Waals surface area contributed by atoms with Crippen molar-refractivity contribution in [2.24, 2.45) is 0 Å². The van der Waals surface area contributed by atoms with Crippen molar-refractivity contribution >= 4 is 11.9 Å². The number of aliphatic hydroxyl groups is 2. The number of amides is 1. The Hall–Kier alpha value is -3.48. The van der Waals surface area contributed by atoms with Crippen LogP contribution in [0.3, 0.4) is 0 Å². The molecule has 0 fully saturated rings. The fourth-order valence-corrected chi connectivity index (χ4v) is 7.06. The quantitative estimate of drug-likeness (QED) is 0.0322. The molecule has 6 nitrogen and oxygen atoms in total. The Balaban J connectivity index is 4.69. The van der Waals surface area contributed by atoms with Crippen molar-refractivity contribution in [2.45, 2.75) is 225 Å². The second-order valence-electron chi connectivity index (χ2n) is 16.7. The van der Waals surface area contributed by atoms with E-state index in [0.717, 1.165) is 64.2 Å². The zero-order valence-electron chi connectivity index (χ0n) is 40.0. The van der Waals surface area contributed by atoms with E-state index < -0.39 is 18.2 Å². The zero-order valence-corrected chi connectivity index (χ0v) is 40.0. The smallest absolute Gasteiger partial charge is 0.306 e. The number of esters is 1. The van der Waals surface area contributed by atoms with Gasteiger partial charge in [-0.3, -0.25) is 9.59 Å². The van der Waals surface area contributed by atoms with Crippen molar-refractivity contribution in [3.63, 3.8) is 0 Å². The number of rotatable bonds is 43. The summed E-state index contributed by atoms with van der Waals surface area (Å²) >= 11 is 0. The van der Waals surface area contributed by atoms with Gasteiger partial charge in [-0.2, -0.15) is 0 Å². The van der Waals surface area contributed by atoms with Gasteiger partial charge in [-0.1, -0.05) is 246 Å². The van der Waals surface area contributed by atoms with E-state index in [2.05, 4.69) is 50.4 Å². The summed E-state index contributed by atoms with van der Waals surface area (Å²) in [4.78, 5) is 26.1. The number of allylic oxidation sites excluding steroid dienone is 18. The fraction of sp³-hybridized carbons (Fsp3) is 0.643. The summed E-state index contributed by atoms with van der Waals surface area (Å²) in [5.74, 6) is -0.612. The van der Waals surface area contributed by atoms with Crippen LogP contribution in [0.4, 0.5) is 0 Å². The van der Waals surface area contributed by atoms with Gasteiger partial charge < -0.3 is 20.3 Å². The molecule has 0 aliphatic carbocycles. The molecule has 352 valence electrons. The minimum absolute atomic E-state index is 0.0159. The molecule has 0 aromatic carbocycles. The Bertz CT molecular complexity index is 1280. The van der Waals surface area contributed by atoms with Crippen LogP contribution in [0, 0.1) is 0 Å². The lowest BCUT2D eigenvalue weighted by Crippen LogP contribution is -2.46. The van der Waals surface area contributed by atoms with Crippen LogP contribution in [0.2, 0.25) is 0 Å². The summed E-state index contributed by atoms with van der Waals surface area (Å²) < 4.78 is 5.86. The van der Waals surface area contributed by atoms with Crippen LogP contribution >= 0.6 is 0 Å². The lowest BCUT2D eigenvalue weighted by atomic mass is 10.0. The van der Waals surface area contributed by atoms with E-state index in [1.54, 1.807) is 0 Å². The molecule has 1 amide bonds. The van der Waals surface area contributed by atoms with Crippen molar-refractivity contribution in [1.82, 2.24) is 5.32 Å². The Kier molecular flexibility index (Phi) is 45.8. The van der Waals surface area contributed by atoms with Gasteiger partial charge in [0.2, 0.25) is 5.91 Å². The summed E-state index contributed by atoms with van der Waals surface area (Å²) in [5.41, 5.74) is 0. The molecule has 0 spiro atoms. The van der Waals surface area contributed by atoms with Crippen molar-refractivity contribution in [3.05, 3.63) is 109 Å². The number of ether oxygens (including phenoxy) is 1. The second-order valence-corrected chi connectivity index (χ2v) is 16.7. The molecule has 0 saturated carbocycles. The fourth-order valence-electron chi connectivity index (χ4n) is 7.06. The molecule has 0 aromatic rings. The molecule has 0 aromatic heterocycles. The Morgan fingerprint density at radius 3 is 1.32 bits per heavy atom. The van der Waals surface area contributed by atoms with E-state index in [9.17, 15) is 19.8 Å². The molecule has 0 radical (unpaired) electrons. The van der Waals surface area contributed by atoms with E-state index in [-0.39, 0.29) is 31.3 Å². The van der Waals surface area contributed by atoms with Crippen molar-refractivity contribution in [1.29, 1.82) is 0 Å². The van der Waals surface area contributed by atoms with Crippen LogP contribution in [0.15, 0.2) is 109 Å². The number of carbonyl (C=O) groups is 2. The lowest BCUT2D eigenvalue weighted by molar-refractivity contribution is -0.151. The van der Waals surface area contributed by atoms with Crippen molar-refractivity contribution in [2.75, 3.05) is 6.61 Å². The van der Waals surface area contributed by atoms with Crippen LogP contribution in [0.25, 0.3) is 0 Å². The van der Waals surface area contributed by atoms with E-state index >= 15 is 0 Å². The van der Waals surface area contributed by atoms with E-state index in [0.29, 0.717) is 19.3 Å². The van der Waals surface area contributed by atoms with Gasteiger partial charge in [0.25, 0.3) is 0 Å². The van der Waals surface area contributed by atoms with Gasteiger partial charge in [0, 0.05) is 6.42 Å². The molecule has 0 heterocycles. The number of hydrogen-bond donors (Lipinski definition) is 3. The number of nitrogens with one attached hydrogen (secondary N) is 1. The highest BCUT2D eigenvalue weighted by atomic mass is 16.5. The molecule has 0 aliphatic rings. The minimum atomic E-state index is -0.818. The molecular weight excluding hydrogens is 767 g/mol. The van der Waals surface area contributed by atoms with Crippen LogP contribution in [0.1, 0.15) is 207 Å². The largest absolute Gasteiger partial charge is 0.462 e. The maximum atomic E-state index is 13.2. The predicted octanol–water partition coefficient (Wildman–Crippen LogP) is 15.1. The second kappa shape index (κ2) is 48.6. The normalized spacial score (nSPS) is 14.2. The third-order valence-corrected chi connectivity index (χ3v) is 10.8. The standard InChI is InChI=1S/C56H93NO5/c1-4-7-10-13-16-19-22-25-26-27-28-31-33-36-39-42-45-48-54(59)53(51-58)57-55(60)50-52(47-44-41-38-35-32-29-23-20-17-14-11-8-5-2)62-56(61)49-46-43-40-37-34-30-24-21-18-15-12-9-6-3/h8-9,11-12,14-15,17-18,20-21,23-24,29-30,32,34,37,40,52-54,58-59H,4-7,10,13,16,19,22,25-28,31,33,35-36,38-39,41-51H2,1-3H3,(H,57,60)/b11-8+,12-9+,17-14+,18-15+,23-20+,24-21-,32-29-,34-30-,40-37+. The predicted molar refractivity (Wildman–Crippen MR) is 268 cm³/mol. The average molecular weight is 860 g/mol. The van der Waals surface area contributed by atoms with Gasteiger partial charge in [0.05, 0.1) is 25.2 Å². The van der Waals surface area contributed by atoms with Crippen LogP contribution < -0.4 is 5.32 Å². The molecular formula is C56H93NO5. The third-order valence-electron chi connectivity index (χ3n) is 10.8. The summed E-state index contributed by atoms with van der Waals surface area (Å²) in [7, 11) is 0. The molecule has 3 atom stereocenters. The van der Waals surface area contributed by atoms with Gasteiger partial charge in [0.1, 0.15) is 6.10 Å². The maximum Gasteiger partial charge on any atom is 0.306 e. The summed E-state index contributed by atoms with van der Waals surface area (Å²) in [5, 5.41) is 23.8. The van der Waals surface area contributed by atoms with Gasteiger partial charge in [-0.05, 0) is 57.8 Å². The number of unbranched alkanes of at least 4 members (excludes halogenated alkanes) is 20. The Morgan fingerprint density at radius 2 is 0.871 bits per heavy atom. The zero-order chi connectivity index (χ0) is 45.2. The Labute approximate surface area is 381 Å². The van der Waals surface area contributed by atoms with Crippen LogP contribution in [0.5, 0.6) is 0 Å². The molecule has 62 heavy (non-hydrogen) atoms. The van der Waals surface area contributed by atoms with Gasteiger partial charge in [-0.25, -0.2) is 0 Å². The maximum absolute atomic E-state index is 13.2. The number of aliphatic hydroxyl groups excluding tert-OH is 2. The first-order chi connectivity index (χ1) is 30.5. The van der Waals surface area contributed by atoms with E-state index in [1.807, 2.05) is 85.1 Å². The number of hydrogen-bond acceptors (Lipinski definition) is 5. The van der Waals surface area contributed by atoms with E-state index in [4.69, 9.17) is 4.74 Å². The third kappa shape index (κ3) is 43.2. The monoisotopic (exact) mass is 860 g/mol. The van der Waals surface area contributed by atoms with Crippen LogP contribution in [-0.4, -0.2) is 46.9 Å². The summed E-state index contributed by atoms with van der Waals surface area (Å²) in [6.07, 6.45) is 65.8. The van der Waals surface area contributed by atoms with Crippen molar-refractivity contribution < 1.29 is 24.5 Å². The van der Waals surface area contributed by atoms with Gasteiger partial charge >= 0.3 is 5.97 Å². The molecule has 0 rings (SSSR count). The van der Waals surface area contributed by atoms with Crippen LogP contribution in [-0.2, 0) is 14.3 Å². The first-order valence-electron chi connectivity index (χ1n) is 25.2. The summed E-state index contributed by atoms with van der Waals surface area (Å²) in [6, 6.07) is -0.736. The highest BCUT2D eigenvalue weighted by Gasteiger charge is 2.24. The first kappa shape index (κ1) is 58.5. The van der Waals surface area contributed by atoms with Gasteiger partial charge in [0.15, 0.2) is 0 Å². The minimum Gasteiger partial charge on any atom is -0.462 e. The molecule has 3 N–H and O–H groups in total. The average Bonchev–Trinajstić information content (AvgIpc) is 3.26. The van der Waals surface area contributed by atoms with Crippen molar-refractivity contribution in [3.8, 4) is 0 Å². The molecule has 0 bridgehead atoms. The number of carbonyl (C=O) groups excluding carboxylic acids is 2. The first-order valence-corrected chi connectivity index (χ1v) is 25.2. The molecule has 6 heteroatoms. The topological polar surface area (TPSA) is 95.9 Å². The van der Waals surface area contributed by atoms with Gasteiger partial charge in [-0.15, -0.1) is 0 Å². The highest BCUT2D eigenvalue weighted by Crippen LogP contribution is 2.17. The van der Waals surface area contributed by atoms with E-state index in [1.165, 1.54) is 89.9 Å². The molecule has 3 unspecified atom stereocenters.